The number of rotatable bonds is 1. The highest BCUT2D eigenvalue weighted by atomic mass is 16.3. The first-order chi connectivity index (χ1) is 8.25. The summed E-state index contributed by atoms with van der Waals surface area (Å²) in [7, 11) is 0. The Labute approximate surface area is 100 Å². The molecule has 2 aliphatic rings. The second-order valence-corrected chi connectivity index (χ2v) is 4.69. The molecule has 3 rings (SSSR count). The van der Waals surface area contributed by atoms with E-state index in [1.54, 1.807) is 0 Å². The van der Waals surface area contributed by atoms with Gasteiger partial charge in [-0.1, -0.05) is 18.2 Å². The molecule has 1 saturated heterocycles. The molecule has 1 aromatic carbocycles. The Kier molecular flexibility index (Phi) is 2.52. The molecule has 2 unspecified atom stereocenters. The second kappa shape index (κ2) is 4.04. The number of benzene rings is 1. The molecule has 0 aliphatic carbocycles. The summed E-state index contributed by atoms with van der Waals surface area (Å²) in [5.74, 6) is -0.0544. The van der Waals surface area contributed by atoms with Crippen molar-refractivity contribution in [3.05, 3.63) is 29.8 Å². The van der Waals surface area contributed by atoms with E-state index in [-0.39, 0.29) is 11.9 Å². The standard InChI is InChI=1S/C13H16N2O2/c16-12-6-5-11(13(17)14-12)15-8-7-9-3-1-2-4-10(9)15/h1-4,11,13,17H,5-8H2,(H,14,16). The Morgan fingerprint density at radius 3 is 2.94 bits per heavy atom. The average Bonchev–Trinajstić information content (AvgIpc) is 2.73. The van der Waals surface area contributed by atoms with Gasteiger partial charge in [-0.3, -0.25) is 4.79 Å². The Hall–Kier alpha value is -1.55. The highest BCUT2D eigenvalue weighted by molar-refractivity contribution is 5.77. The maximum absolute atomic E-state index is 11.2. The van der Waals surface area contributed by atoms with Crippen LogP contribution in [0.15, 0.2) is 24.3 Å². The second-order valence-electron chi connectivity index (χ2n) is 4.69. The van der Waals surface area contributed by atoms with E-state index in [1.807, 2.05) is 12.1 Å². The fraction of sp³-hybridized carbons (Fsp3) is 0.462. The molecule has 4 heteroatoms. The molecule has 0 spiro atoms. The van der Waals surface area contributed by atoms with Gasteiger partial charge in [0.1, 0.15) is 6.23 Å². The third kappa shape index (κ3) is 1.78. The van der Waals surface area contributed by atoms with Gasteiger partial charge in [0.15, 0.2) is 0 Å². The van der Waals surface area contributed by atoms with Crippen molar-refractivity contribution >= 4 is 11.6 Å². The molecule has 2 aliphatic heterocycles. The van der Waals surface area contributed by atoms with Gasteiger partial charge in [0.25, 0.3) is 0 Å². The van der Waals surface area contributed by atoms with Gasteiger partial charge in [-0.25, -0.2) is 0 Å². The lowest BCUT2D eigenvalue weighted by molar-refractivity contribution is -0.127. The van der Waals surface area contributed by atoms with Crippen LogP contribution in [0.25, 0.3) is 0 Å². The van der Waals surface area contributed by atoms with Crippen LogP contribution in [-0.2, 0) is 11.2 Å². The smallest absolute Gasteiger partial charge is 0.222 e. The van der Waals surface area contributed by atoms with Crippen LogP contribution in [0.3, 0.4) is 0 Å². The first-order valence-electron chi connectivity index (χ1n) is 6.08. The van der Waals surface area contributed by atoms with E-state index in [4.69, 9.17) is 0 Å². The molecule has 0 radical (unpaired) electrons. The molecule has 0 saturated carbocycles. The Balaban J connectivity index is 1.84. The predicted molar refractivity (Wildman–Crippen MR) is 64.7 cm³/mol. The minimum Gasteiger partial charge on any atom is -0.372 e. The van der Waals surface area contributed by atoms with Gasteiger partial charge >= 0.3 is 0 Å². The first kappa shape index (κ1) is 10.6. The van der Waals surface area contributed by atoms with Crippen molar-refractivity contribution in [2.75, 3.05) is 11.4 Å². The fourth-order valence-electron chi connectivity index (χ4n) is 2.80. The average molecular weight is 232 g/mol. The van der Waals surface area contributed by atoms with Crippen molar-refractivity contribution in [3.63, 3.8) is 0 Å². The summed E-state index contributed by atoms with van der Waals surface area (Å²) in [6.07, 6.45) is 1.50. The van der Waals surface area contributed by atoms with E-state index in [9.17, 15) is 9.90 Å². The van der Waals surface area contributed by atoms with E-state index < -0.39 is 6.23 Å². The highest BCUT2D eigenvalue weighted by Crippen LogP contribution is 2.31. The molecule has 1 fully saturated rings. The summed E-state index contributed by atoms with van der Waals surface area (Å²) in [4.78, 5) is 13.4. The fourth-order valence-corrected chi connectivity index (χ4v) is 2.80. The van der Waals surface area contributed by atoms with Crippen molar-refractivity contribution in [1.82, 2.24) is 5.32 Å². The van der Waals surface area contributed by atoms with Crippen molar-refractivity contribution in [1.29, 1.82) is 0 Å². The number of para-hydroxylation sites is 1. The number of aliphatic hydroxyl groups excluding tert-OH is 1. The number of hydrogen-bond donors (Lipinski definition) is 2. The quantitative estimate of drug-likeness (QED) is 0.747. The van der Waals surface area contributed by atoms with E-state index >= 15 is 0 Å². The maximum Gasteiger partial charge on any atom is 0.222 e. The Bertz CT molecular complexity index is 447. The molecule has 0 bridgehead atoms. The lowest BCUT2D eigenvalue weighted by atomic mass is 10.0. The number of piperidine rings is 1. The van der Waals surface area contributed by atoms with Crippen molar-refractivity contribution in [3.8, 4) is 0 Å². The van der Waals surface area contributed by atoms with Gasteiger partial charge in [-0.05, 0) is 24.5 Å². The molecule has 4 nitrogen and oxygen atoms in total. The number of nitrogens with one attached hydrogen (secondary N) is 1. The zero-order chi connectivity index (χ0) is 11.8. The van der Waals surface area contributed by atoms with E-state index in [0.29, 0.717) is 6.42 Å². The van der Waals surface area contributed by atoms with Crippen LogP contribution < -0.4 is 10.2 Å². The lowest BCUT2D eigenvalue weighted by Crippen LogP contribution is -2.55. The van der Waals surface area contributed by atoms with Crippen LogP contribution in [0, 0.1) is 0 Å². The normalized spacial score (nSPS) is 27.8. The number of fused-ring (bicyclic) bond motifs is 1. The SMILES string of the molecule is O=C1CCC(N2CCc3ccccc32)C(O)N1. The summed E-state index contributed by atoms with van der Waals surface area (Å²) in [5, 5.41) is 12.6. The molecule has 0 aromatic heterocycles. The number of nitrogens with zero attached hydrogens (tertiary/aromatic N) is 1. The zero-order valence-corrected chi connectivity index (χ0v) is 9.60. The summed E-state index contributed by atoms with van der Waals surface area (Å²) in [5.41, 5.74) is 2.53. The molecular formula is C13H16N2O2. The van der Waals surface area contributed by atoms with Crippen molar-refractivity contribution in [2.45, 2.75) is 31.5 Å². The monoisotopic (exact) mass is 232 g/mol. The molecule has 90 valence electrons. The van der Waals surface area contributed by atoms with E-state index in [2.05, 4.69) is 22.3 Å². The van der Waals surface area contributed by atoms with Gasteiger partial charge in [-0.15, -0.1) is 0 Å². The summed E-state index contributed by atoms with van der Waals surface area (Å²) in [6.45, 7) is 0.928. The number of anilines is 1. The van der Waals surface area contributed by atoms with Gasteiger partial charge in [0.2, 0.25) is 5.91 Å². The van der Waals surface area contributed by atoms with Gasteiger partial charge in [0.05, 0.1) is 6.04 Å². The molecule has 2 atom stereocenters. The number of carbonyl (C=O) groups is 1. The van der Waals surface area contributed by atoms with Crippen LogP contribution in [0.2, 0.25) is 0 Å². The maximum atomic E-state index is 11.2. The highest BCUT2D eigenvalue weighted by Gasteiger charge is 2.34. The number of carbonyl (C=O) groups excluding carboxylic acids is 1. The number of hydrogen-bond acceptors (Lipinski definition) is 3. The van der Waals surface area contributed by atoms with Gasteiger partial charge in [-0.2, -0.15) is 0 Å². The zero-order valence-electron chi connectivity index (χ0n) is 9.60. The van der Waals surface area contributed by atoms with Crippen LogP contribution >= 0.6 is 0 Å². The summed E-state index contributed by atoms with van der Waals surface area (Å²) < 4.78 is 0. The van der Waals surface area contributed by atoms with E-state index in [1.165, 1.54) is 11.3 Å². The molecule has 1 amide bonds. The minimum atomic E-state index is -0.748. The van der Waals surface area contributed by atoms with Crippen LogP contribution in [0.4, 0.5) is 5.69 Å². The molecule has 2 heterocycles. The van der Waals surface area contributed by atoms with Gasteiger partial charge in [0, 0.05) is 18.7 Å². The number of amides is 1. The third-order valence-electron chi connectivity index (χ3n) is 3.66. The summed E-state index contributed by atoms with van der Waals surface area (Å²) in [6, 6.07) is 8.29. The molecule has 2 N–H and O–H groups in total. The Morgan fingerprint density at radius 1 is 1.29 bits per heavy atom. The largest absolute Gasteiger partial charge is 0.372 e. The van der Waals surface area contributed by atoms with Crippen LogP contribution in [-0.4, -0.2) is 29.8 Å². The Morgan fingerprint density at radius 2 is 2.12 bits per heavy atom. The molecular weight excluding hydrogens is 216 g/mol. The molecule has 17 heavy (non-hydrogen) atoms. The number of aliphatic hydroxyl groups is 1. The third-order valence-corrected chi connectivity index (χ3v) is 3.66. The van der Waals surface area contributed by atoms with E-state index in [0.717, 1.165) is 19.4 Å². The topological polar surface area (TPSA) is 52.6 Å². The molecule has 1 aromatic rings. The predicted octanol–water partition coefficient (Wildman–Crippen LogP) is 0.646. The van der Waals surface area contributed by atoms with Crippen LogP contribution in [0.5, 0.6) is 0 Å². The summed E-state index contributed by atoms with van der Waals surface area (Å²) >= 11 is 0. The lowest BCUT2D eigenvalue weighted by Gasteiger charge is -2.36. The van der Waals surface area contributed by atoms with Gasteiger partial charge < -0.3 is 15.3 Å². The van der Waals surface area contributed by atoms with Crippen LogP contribution in [0.1, 0.15) is 18.4 Å². The first-order valence-corrected chi connectivity index (χ1v) is 6.08. The van der Waals surface area contributed by atoms with Crippen molar-refractivity contribution in [2.24, 2.45) is 0 Å². The minimum absolute atomic E-state index is 0.0105. The van der Waals surface area contributed by atoms with Crippen molar-refractivity contribution < 1.29 is 9.90 Å².